The van der Waals surface area contributed by atoms with Crippen LogP contribution in [0.1, 0.15) is 30.0 Å². The van der Waals surface area contributed by atoms with Gasteiger partial charge < -0.3 is 9.40 Å². The Balaban J connectivity index is 1.27. The van der Waals surface area contributed by atoms with Crippen molar-refractivity contribution >= 4 is 11.6 Å². The third-order valence-corrected chi connectivity index (χ3v) is 6.69. The standard InChI is InChI=1S/C22H25ClN4O/c1-26-11-8-19-21(25-15-24-19)22(26)9-12-27(13-10-22)14-18-6-7-20(28-18)16-2-4-17(23)5-3-16/h2-7,15H,8-14H2,1H3,(H,24,25). The highest BCUT2D eigenvalue weighted by molar-refractivity contribution is 6.30. The van der Waals surface area contributed by atoms with Crippen molar-refractivity contribution in [3.63, 3.8) is 0 Å². The molecule has 3 aromatic rings. The van der Waals surface area contributed by atoms with Crippen LogP contribution in [0, 0.1) is 0 Å². The summed E-state index contributed by atoms with van der Waals surface area (Å²) in [7, 11) is 2.25. The number of hydrogen-bond donors (Lipinski definition) is 1. The SMILES string of the molecule is CN1CCc2[nH]cnc2C12CCN(Cc1ccc(-c3ccc(Cl)cc3)o1)CC2. The van der Waals surface area contributed by atoms with Gasteiger partial charge >= 0.3 is 0 Å². The molecule has 0 unspecified atom stereocenters. The second kappa shape index (κ2) is 7.07. The van der Waals surface area contributed by atoms with E-state index in [1.807, 2.05) is 30.6 Å². The van der Waals surface area contributed by atoms with E-state index in [1.54, 1.807) is 0 Å². The van der Waals surface area contributed by atoms with Gasteiger partial charge in [0.05, 0.1) is 24.1 Å². The van der Waals surface area contributed by atoms with Gasteiger partial charge in [-0.15, -0.1) is 0 Å². The summed E-state index contributed by atoms with van der Waals surface area (Å²) in [6, 6.07) is 11.9. The van der Waals surface area contributed by atoms with Crippen LogP contribution in [0.5, 0.6) is 0 Å². The Morgan fingerprint density at radius 2 is 1.89 bits per heavy atom. The monoisotopic (exact) mass is 396 g/mol. The topological polar surface area (TPSA) is 48.3 Å². The first-order chi connectivity index (χ1) is 13.6. The van der Waals surface area contributed by atoms with Gasteiger partial charge in [0.15, 0.2) is 0 Å². The van der Waals surface area contributed by atoms with Crippen molar-refractivity contribution < 1.29 is 4.42 Å². The summed E-state index contributed by atoms with van der Waals surface area (Å²) in [6.07, 6.45) is 5.13. The van der Waals surface area contributed by atoms with Crippen molar-refractivity contribution in [2.45, 2.75) is 31.3 Å². The number of aromatic nitrogens is 2. The van der Waals surface area contributed by atoms with E-state index in [0.717, 1.165) is 67.5 Å². The second-order valence-corrected chi connectivity index (χ2v) is 8.42. The average Bonchev–Trinajstić information content (AvgIpc) is 3.37. The molecule has 1 saturated heterocycles. The molecule has 0 aliphatic carbocycles. The molecular formula is C22H25ClN4O. The van der Waals surface area contributed by atoms with E-state index in [-0.39, 0.29) is 5.54 Å². The number of furan rings is 1. The largest absolute Gasteiger partial charge is 0.460 e. The first-order valence-corrected chi connectivity index (χ1v) is 10.3. The third kappa shape index (κ3) is 3.08. The molecule has 0 bridgehead atoms. The van der Waals surface area contributed by atoms with Gasteiger partial charge in [-0.3, -0.25) is 9.80 Å². The molecule has 2 aliphatic heterocycles. The summed E-state index contributed by atoms with van der Waals surface area (Å²) in [5, 5.41) is 0.741. The first-order valence-electron chi connectivity index (χ1n) is 9.95. The van der Waals surface area contributed by atoms with Gasteiger partial charge in [-0.1, -0.05) is 11.6 Å². The van der Waals surface area contributed by atoms with Gasteiger partial charge in [0.25, 0.3) is 0 Å². The van der Waals surface area contributed by atoms with Gasteiger partial charge in [-0.2, -0.15) is 0 Å². The molecule has 5 nitrogen and oxygen atoms in total. The van der Waals surface area contributed by atoms with Crippen molar-refractivity contribution in [1.29, 1.82) is 0 Å². The minimum atomic E-state index is 0.0850. The molecule has 1 fully saturated rings. The van der Waals surface area contributed by atoms with Crippen molar-refractivity contribution in [3.8, 4) is 11.3 Å². The van der Waals surface area contributed by atoms with Crippen LogP contribution in [0.3, 0.4) is 0 Å². The van der Waals surface area contributed by atoms with Crippen LogP contribution in [0.4, 0.5) is 0 Å². The zero-order valence-corrected chi connectivity index (χ0v) is 16.9. The van der Waals surface area contributed by atoms with Gasteiger partial charge in [-0.25, -0.2) is 4.98 Å². The van der Waals surface area contributed by atoms with Crippen LogP contribution in [0.25, 0.3) is 11.3 Å². The first kappa shape index (κ1) is 18.0. The Morgan fingerprint density at radius 3 is 2.68 bits per heavy atom. The normalized spacial score (nSPS) is 19.8. The van der Waals surface area contributed by atoms with Crippen LogP contribution >= 0.6 is 11.6 Å². The number of nitrogens with one attached hydrogen (secondary N) is 1. The molecule has 1 N–H and O–H groups in total. The number of rotatable bonds is 3. The number of likely N-dealkylation sites (tertiary alicyclic amines) is 1. The number of aromatic amines is 1. The lowest BCUT2D eigenvalue weighted by atomic mass is 9.79. The van der Waals surface area contributed by atoms with Crippen molar-refractivity contribution in [2.75, 3.05) is 26.7 Å². The fraction of sp³-hybridized carbons (Fsp3) is 0.409. The van der Waals surface area contributed by atoms with Crippen molar-refractivity contribution in [1.82, 2.24) is 19.8 Å². The molecule has 0 saturated carbocycles. The maximum absolute atomic E-state index is 6.10. The smallest absolute Gasteiger partial charge is 0.134 e. The number of benzene rings is 1. The summed E-state index contributed by atoms with van der Waals surface area (Å²) in [5.74, 6) is 1.91. The minimum absolute atomic E-state index is 0.0850. The van der Waals surface area contributed by atoms with E-state index in [4.69, 9.17) is 21.0 Å². The molecule has 0 atom stereocenters. The molecule has 4 heterocycles. The number of likely N-dealkylation sites (N-methyl/N-ethyl adjacent to an activating group) is 1. The molecule has 0 radical (unpaired) electrons. The quantitative estimate of drug-likeness (QED) is 0.717. The molecule has 2 aromatic heterocycles. The number of nitrogens with zero attached hydrogens (tertiary/aromatic N) is 3. The predicted molar refractivity (Wildman–Crippen MR) is 110 cm³/mol. The summed E-state index contributed by atoms with van der Waals surface area (Å²) in [5.41, 5.74) is 3.74. The summed E-state index contributed by atoms with van der Waals surface area (Å²) in [6.45, 7) is 4.04. The lowest BCUT2D eigenvalue weighted by Gasteiger charge is -2.49. The average molecular weight is 397 g/mol. The van der Waals surface area contributed by atoms with Gasteiger partial charge in [0.2, 0.25) is 0 Å². The van der Waals surface area contributed by atoms with Crippen LogP contribution in [0.15, 0.2) is 47.1 Å². The molecular weight excluding hydrogens is 372 g/mol. The number of halogens is 1. The third-order valence-electron chi connectivity index (χ3n) is 6.44. The highest BCUT2D eigenvalue weighted by Gasteiger charge is 2.44. The van der Waals surface area contributed by atoms with Crippen LogP contribution in [-0.4, -0.2) is 46.4 Å². The Hall–Kier alpha value is -2.08. The van der Waals surface area contributed by atoms with E-state index in [9.17, 15) is 0 Å². The highest BCUT2D eigenvalue weighted by atomic mass is 35.5. The lowest BCUT2D eigenvalue weighted by molar-refractivity contribution is 0.0203. The van der Waals surface area contributed by atoms with E-state index in [2.05, 4.69) is 34.0 Å². The van der Waals surface area contributed by atoms with Crippen molar-refractivity contribution in [3.05, 3.63) is 64.9 Å². The highest BCUT2D eigenvalue weighted by Crippen LogP contribution is 2.41. The molecule has 146 valence electrons. The molecule has 2 aliphatic rings. The Morgan fingerprint density at radius 1 is 1.11 bits per heavy atom. The molecule has 1 aromatic carbocycles. The summed E-state index contributed by atoms with van der Waals surface area (Å²) in [4.78, 5) is 13.0. The van der Waals surface area contributed by atoms with Gasteiger partial charge in [-0.05, 0) is 56.3 Å². The minimum Gasteiger partial charge on any atom is -0.460 e. The Kier molecular flexibility index (Phi) is 4.54. The number of piperidine rings is 1. The summed E-state index contributed by atoms with van der Waals surface area (Å²) < 4.78 is 6.10. The van der Waals surface area contributed by atoms with Crippen molar-refractivity contribution in [2.24, 2.45) is 0 Å². The zero-order chi connectivity index (χ0) is 19.1. The summed E-state index contributed by atoms with van der Waals surface area (Å²) >= 11 is 5.98. The maximum atomic E-state index is 6.10. The molecule has 5 rings (SSSR count). The van der Waals surface area contributed by atoms with E-state index >= 15 is 0 Å². The fourth-order valence-electron chi connectivity index (χ4n) is 4.74. The zero-order valence-electron chi connectivity index (χ0n) is 16.1. The second-order valence-electron chi connectivity index (χ2n) is 7.98. The van der Waals surface area contributed by atoms with Gasteiger partial charge in [0, 0.05) is 42.3 Å². The molecule has 0 amide bonds. The Labute approximate surface area is 170 Å². The number of fused-ring (bicyclic) bond motifs is 2. The van der Waals surface area contributed by atoms with Gasteiger partial charge in [0.1, 0.15) is 11.5 Å². The number of hydrogen-bond acceptors (Lipinski definition) is 4. The van der Waals surface area contributed by atoms with Crippen LogP contribution in [-0.2, 0) is 18.5 Å². The lowest BCUT2D eigenvalue weighted by Crippen LogP contribution is -2.54. The Bertz CT molecular complexity index is 953. The number of H-pyrrole nitrogens is 1. The predicted octanol–water partition coefficient (Wildman–Crippen LogP) is 4.30. The van der Waals surface area contributed by atoms with Crippen LogP contribution in [0.2, 0.25) is 5.02 Å². The number of imidazole rings is 1. The van der Waals surface area contributed by atoms with E-state index in [1.165, 1.54) is 11.4 Å². The van der Waals surface area contributed by atoms with Crippen LogP contribution < -0.4 is 0 Å². The molecule has 1 spiro atoms. The van der Waals surface area contributed by atoms with E-state index < -0.39 is 0 Å². The molecule has 28 heavy (non-hydrogen) atoms. The molecule has 6 heteroatoms. The maximum Gasteiger partial charge on any atom is 0.134 e. The fourth-order valence-corrected chi connectivity index (χ4v) is 4.87. The van der Waals surface area contributed by atoms with E-state index in [0.29, 0.717) is 0 Å².